The second-order valence-corrected chi connectivity index (χ2v) is 7.31. The lowest BCUT2D eigenvalue weighted by molar-refractivity contribution is 0.101. The molecule has 0 saturated heterocycles. The maximum atomic E-state index is 12.8. The smallest absolute Gasteiger partial charge is 0.322 e. The number of hydrogen-bond donors (Lipinski definition) is 4. The summed E-state index contributed by atoms with van der Waals surface area (Å²) in [5.41, 5.74) is 2.56. The molecule has 0 aliphatic rings. The molecule has 0 saturated carbocycles. The van der Waals surface area contributed by atoms with E-state index in [0.29, 0.717) is 33.9 Å². The lowest BCUT2D eigenvalue weighted by Crippen LogP contribution is -2.24. The van der Waals surface area contributed by atoms with Gasteiger partial charge in [-0.3, -0.25) is 9.59 Å². The fourth-order valence-electron chi connectivity index (χ4n) is 3.30. The molecule has 0 heterocycles. The zero-order valence-electron chi connectivity index (χ0n) is 18.1. The molecule has 4 N–H and O–H groups in total. The van der Waals surface area contributed by atoms with Crippen LogP contribution in [0.3, 0.4) is 0 Å². The van der Waals surface area contributed by atoms with E-state index in [4.69, 9.17) is 0 Å². The van der Waals surface area contributed by atoms with Gasteiger partial charge < -0.3 is 21.3 Å². The van der Waals surface area contributed by atoms with Gasteiger partial charge in [0.25, 0.3) is 11.8 Å². The van der Waals surface area contributed by atoms with Crippen molar-refractivity contribution in [2.45, 2.75) is 0 Å². The molecule has 4 amide bonds. The van der Waals surface area contributed by atoms with Crippen molar-refractivity contribution in [3.63, 3.8) is 0 Å². The molecule has 7 heteroatoms. The van der Waals surface area contributed by atoms with Gasteiger partial charge in [0.2, 0.25) is 0 Å². The number of para-hydroxylation sites is 4. The Hall–Kier alpha value is -4.91. The molecule has 34 heavy (non-hydrogen) atoms. The van der Waals surface area contributed by atoms with Crippen molar-refractivity contribution in [2.75, 3.05) is 21.3 Å². The van der Waals surface area contributed by atoms with E-state index in [1.165, 1.54) is 0 Å². The van der Waals surface area contributed by atoms with Gasteiger partial charge in [-0.25, -0.2) is 4.79 Å². The third-order valence-electron chi connectivity index (χ3n) is 4.90. The van der Waals surface area contributed by atoms with Crippen LogP contribution >= 0.6 is 0 Å². The van der Waals surface area contributed by atoms with Crippen molar-refractivity contribution < 1.29 is 14.4 Å². The van der Waals surface area contributed by atoms with Crippen molar-refractivity contribution in [1.29, 1.82) is 0 Å². The van der Waals surface area contributed by atoms with E-state index in [1.807, 2.05) is 36.4 Å². The van der Waals surface area contributed by atoms with Crippen molar-refractivity contribution in [3.05, 3.63) is 120 Å². The maximum Gasteiger partial charge on any atom is 0.323 e. The van der Waals surface area contributed by atoms with Crippen molar-refractivity contribution in [1.82, 2.24) is 0 Å². The molecule has 168 valence electrons. The fourth-order valence-corrected chi connectivity index (χ4v) is 3.30. The van der Waals surface area contributed by atoms with E-state index in [1.54, 1.807) is 72.8 Å². The second kappa shape index (κ2) is 10.6. The van der Waals surface area contributed by atoms with Crippen LogP contribution in [-0.4, -0.2) is 17.8 Å². The first kappa shape index (κ1) is 22.3. The number of carbonyl (C=O) groups is 3. The first-order valence-corrected chi connectivity index (χ1v) is 10.6. The average Bonchev–Trinajstić information content (AvgIpc) is 2.86. The molecular formula is C27H22N4O3. The van der Waals surface area contributed by atoms with E-state index >= 15 is 0 Å². The first-order valence-electron chi connectivity index (χ1n) is 10.6. The summed E-state index contributed by atoms with van der Waals surface area (Å²) in [5.74, 6) is -0.713. The van der Waals surface area contributed by atoms with Crippen LogP contribution in [0.25, 0.3) is 0 Å². The van der Waals surface area contributed by atoms with Gasteiger partial charge in [-0.2, -0.15) is 0 Å². The first-order chi connectivity index (χ1) is 16.6. The van der Waals surface area contributed by atoms with E-state index in [2.05, 4.69) is 21.3 Å². The van der Waals surface area contributed by atoms with Crippen LogP contribution in [0.4, 0.5) is 27.5 Å². The molecule has 0 atom stereocenters. The molecular weight excluding hydrogens is 428 g/mol. The topological polar surface area (TPSA) is 99.3 Å². The highest BCUT2D eigenvalue weighted by Gasteiger charge is 2.16. The number of rotatable bonds is 6. The van der Waals surface area contributed by atoms with Crippen LogP contribution in [0.2, 0.25) is 0 Å². The Morgan fingerprint density at radius 3 is 1.18 bits per heavy atom. The summed E-state index contributed by atoms with van der Waals surface area (Å²) in [7, 11) is 0. The Balaban J connectivity index is 1.47. The zero-order chi connectivity index (χ0) is 23.8. The predicted molar refractivity (Wildman–Crippen MR) is 134 cm³/mol. The van der Waals surface area contributed by atoms with Crippen molar-refractivity contribution >= 4 is 40.6 Å². The molecule has 0 bridgehead atoms. The van der Waals surface area contributed by atoms with E-state index in [9.17, 15) is 14.4 Å². The van der Waals surface area contributed by atoms with Gasteiger partial charge in [-0.15, -0.1) is 0 Å². The summed E-state index contributed by atoms with van der Waals surface area (Å²) in [6, 6.07) is 30.9. The third kappa shape index (κ3) is 5.66. The van der Waals surface area contributed by atoms with Crippen LogP contribution in [0, 0.1) is 0 Å². The monoisotopic (exact) mass is 450 g/mol. The van der Waals surface area contributed by atoms with Gasteiger partial charge in [0.05, 0.1) is 22.5 Å². The molecule has 0 unspecified atom stereocenters. The summed E-state index contributed by atoms with van der Waals surface area (Å²) >= 11 is 0. The van der Waals surface area contributed by atoms with Gasteiger partial charge in [-0.1, -0.05) is 60.7 Å². The lowest BCUT2D eigenvalue weighted by atomic mass is 10.1. The number of benzene rings is 4. The SMILES string of the molecule is O=C(Nc1ccccc1C(=O)Nc1ccccc1)Nc1ccccc1C(=O)Nc1ccccc1. The van der Waals surface area contributed by atoms with Gasteiger partial charge in [-0.05, 0) is 48.5 Å². The van der Waals surface area contributed by atoms with Crippen molar-refractivity contribution in [3.8, 4) is 0 Å². The minimum atomic E-state index is -0.583. The summed E-state index contributed by atoms with van der Waals surface area (Å²) in [5, 5.41) is 11.0. The number of nitrogens with one attached hydrogen (secondary N) is 4. The Morgan fingerprint density at radius 1 is 0.412 bits per heavy atom. The minimum absolute atomic E-state index is 0.302. The number of carbonyl (C=O) groups excluding carboxylic acids is 3. The van der Waals surface area contributed by atoms with Crippen LogP contribution in [-0.2, 0) is 0 Å². The summed E-state index contributed by atoms with van der Waals surface area (Å²) in [6.45, 7) is 0. The second-order valence-electron chi connectivity index (χ2n) is 7.31. The number of anilines is 4. The molecule has 0 aromatic heterocycles. The number of hydrogen-bond acceptors (Lipinski definition) is 3. The van der Waals surface area contributed by atoms with E-state index < -0.39 is 6.03 Å². The summed E-state index contributed by atoms with van der Waals surface area (Å²) in [6.07, 6.45) is 0. The van der Waals surface area contributed by atoms with Crippen LogP contribution in [0.1, 0.15) is 20.7 Å². The Bertz CT molecular complexity index is 1210. The van der Waals surface area contributed by atoms with E-state index in [-0.39, 0.29) is 11.8 Å². The van der Waals surface area contributed by atoms with Gasteiger partial charge in [0.1, 0.15) is 0 Å². The van der Waals surface area contributed by atoms with Crippen molar-refractivity contribution in [2.24, 2.45) is 0 Å². The minimum Gasteiger partial charge on any atom is -0.322 e. The molecule has 0 aliphatic heterocycles. The standard InChI is InChI=1S/C27H22N4O3/c32-25(28-19-11-3-1-4-12-19)21-15-7-9-17-23(21)30-27(34)31-24-18-10-8-16-22(24)26(33)29-20-13-5-2-6-14-20/h1-18H,(H,28,32)(H,29,33)(H2,30,31,34). The quantitative estimate of drug-likeness (QED) is 0.297. The highest BCUT2D eigenvalue weighted by atomic mass is 16.2. The maximum absolute atomic E-state index is 12.8. The Labute approximate surface area is 196 Å². The summed E-state index contributed by atoms with van der Waals surface area (Å²) < 4.78 is 0. The Kier molecular flexibility index (Phi) is 6.95. The number of amides is 4. The third-order valence-corrected chi connectivity index (χ3v) is 4.90. The van der Waals surface area contributed by atoms with Crippen LogP contribution in [0.15, 0.2) is 109 Å². The van der Waals surface area contributed by atoms with Gasteiger partial charge in [0, 0.05) is 11.4 Å². The van der Waals surface area contributed by atoms with Crippen LogP contribution < -0.4 is 21.3 Å². The normalized spacial score (nSPS) is 10.1. The van der Waals surface area contributed by atoms with Gasteiger partial charge in [0.15, 0.2) is 0 Å². The highest BCUT2D eigenvalue weighted by molar-refractivity contribution is 6.13. The molecule has 0 radical (unpaired) electrons. The Morgan fingerprint density at radius 2 is 0.765 bits per heavy atom. The van der Waals surface area contributed by atoms with Gasteiger partial charge >= 0.3 is 6.03 Å². The number of urea groups is 1. The highest BCUT2D eigenvalue weighted by Crippen LogP contribution is 2.20. The largest absolute Gasteiger partial charge is 0.323 e. The summed E-state index contributed by atoms with van der Waals surface area (Å²) in [4.78, 5) is 38.3. The average molecular weight is 450 g/mol. The molecule has 4 rings (SSSR count). The molecule has 4 aromatic carbocycles. The molecule has 0 fully saturated rings. The fraction of sp³-hybridized carbons (Fsp3) is 0. The van der Waals surface area contributed by atoms with Crippen LogP contribution in [0.5, 0.6) is 0 Å². The molecule has 0 spiro atoms. The molecule has 4 aromatic rings. The predicted octanol–water partition coefficient (Wildman–Crippen LogP) is 5.84. The molecule has 7 nitrogen and oxygen atoms in total. The van der Waals surface area contributed by atoms with E-state index in [0.717, 1.165) is 0 Å². The molecule has 0 aliphatic carbocycles. The zero-order valence-corrected chi connectivity index (χ0v) is 18.1. The lowest BCUT2D eigenvalue weighted by Gasteiger charge is -2.14.